The number of likely N-dealkylation sites (N-methyl/N-ethyl adjacent to an activating group) is 2. The minimum absolute atomic E-state index is 0.0354. The van der Waals surface area contributed by atoms with Crippen LogP contribution in [0.25, 0.3) is 0 Å². The van der Waals surface area contributed by atoms with Crippen molar-refractivity contribution in [3.8, 4) is 5.75 Å². The summed E-state index contributed by atoms with van der Waals surface area (Å²) in [6.45, 7) is 15.9. The first kappa shape index (κ1) is 83.7. The third-order valence-electron chi connectivity index (χ3n) is 16.1. The number of phenolic OH excluding ortho intramolecular Hbond substituents is 1. The summed E-state index contributed by atoms with van der Waals surface area (Å²) in [6, 6.07) is -12.0. The van der Waals surface area contributed by atoms with E-state index < -0.39 is 206 Å². The number of hydrogen-bond donors (Lipinski definition) is 15. The first-order valence-electron chi connectivity index (χ1n) is 31.7. The molecule has 4 unspecified atom stereocenters. The maximum absolute atomic E-state index is 14.9. The molecule has 1 fully saturated rings. The number of methoxy groups -OCH3 is 2. The number of rotatable bonds is 28. The normalized spacial score (nSPS) is 23.5. The molecular weight excluding hydrogens is 1260 g/mol. The molecule has 96 heavy (non-hydrogen) atoms. The second kappa shape index (κ2) is 39.6. The van der Waals surface area contributed by atoms with Crippen molar-refractivity contribution in [1.82, 2.24) is 57.7 Å². The molecule has 1 aromatic rings. The van der Waals surface area contributed by atoms with Gasteiger partial charge in [-0.1, -0.05) is 72.8 Å². The van der Waals surface area contributed by atoms with Gasteiger partial charge in [0, 0.05) is 40.3 Å². The van der Waals surface area contributed by atoms with Gasteiger partial charge in [0.1, 0.15) is 72.3 Å². The molecule has 0 spiro atoms. The molecule has 1 heterocycles. The zero-order valence-electron chi connectivity index (χ0n) is 57.6. The summed E-state index contributed by atoms with van der Waals surface area (Å²) in [5, 5.41) is 63.9. The van der Waals surface area contributed by atoms with Crippen molar-refractivity contribution in [3.05, 3.63) is 42.0 Å². The van der Waals surface area contributed by atoms with Gasteiger partial charge in [0.2, 0.25) is 70.9 Å². The minimum Gasteiger partial charge on any atom is -0.508 e. The molecule has 2 rings (SSSR count). The van der Waals surface area contributed by atoms with Crippen LogP contribution in [-0.2, 0) is 76.5 Å². The number of nitrogens with two attached hydrogens (primary N) is 2. The Kier molecular flexibility index (Phi) is 34.5. The van der Waals surface area contributed by atoms with E-state index in [9.17, 15) is 82.8 Å². The number of cyclic esters (lactones) is 1. The molecule has 18 atom stereocenters. The SMILES string of the molecule is COC[C@H]1NC(=O)[C@H](NC(=O)[C@@H](NC(=O)[C@@H](NC(=O)[C@@H](NC(=O)CNC(=O)CC(O)/C=C\C(C)CC(C)C)[C@@H](C)O)[C@H](C)N)[C@@H](C)[C@@H](C)C(N)=O)[C@@H](C)OC(=O)[C@H](C)N(C)C(=O)C([C@H](OC)c2ccc(O)cc2)NC(=O)C([C@@H](C)O)N(C)C(=O)[C@H](CC(C)C)NC(=O)CNC1=O. The summed E-state index contributed by atoms with van der Waals surface area (Å²) >= 11 is 0. The van der Waals surface area contributed by atoms with Crippen LogP contribution in [0.1, 0.15) is 114 Å². The molecule has 0 radical (unpaired) electrons. The van der Waals surface area contributed by atoms with E-state index in [2.05, 4.69) is 47.9 Å². The summed E-state index contributed by atoms with van der Waals surface area (Å²) in [4.78, 5) is 184. The van der Waals surface area contributed by atoms with E-state index in [-0.39, 0.29) is 29.6 Å². The highest BCUT2D eigenvalue weighted by Crippen LogP contribution is 2.26. The van der Waals surface area contributed by atoms with Crippen LogP contribution in [0.5, 0.6) is 5.75 Å². The third-order valence-corrected chi connectivity index (χ3v) is 16.1. The number of benzene rings is 1. The first-order chi connectivity index (χ1) is 44.7. The van der Waals surface area contributed by atoms with E-state index in [1.165, 1.54) is 79.1 Å². The monoisotopic (exact) mass is 1360 g/mol. The van der Waals surface area contributed by atoms with Crippen molar-refractivity contribution in [3.63, 3.8) is 0 Å². The van der Waals surface area contributed by atoms with Crippen LogP contribution >= 0.6 is 0 Å². The van der Waals surface area contributed by atoms with E-state index in [1.807, 2.05) is 20.8 Å². The van der Waals surface area contributed by atoms with Gasteiger partial charge in [0.05, 0.1) is 44.4 Å². The molecule has 1 saturated heterocycles. The molecule has 0 saturated carbocycles. The van der Waals surface area contributed by atoms with E-state index in [0.29, 0.717) is 5.92 Å². The van der Waals surface area contributed by atoms with E-state index in [0.717, 1.165) is 44.2 Å². The topological polar surface area (TPSA) is 497 Å². The smallest absolute Gasteiger partial charge is 0.328 e. The van der Waals surface area contributed by atoms with Crippen molar-refractivity contribution in [1.29, 1.82) is 0 Å². The summed E-state index contributed by atoms with van der Waals surface area (Å²) in [7, 11) is 4.66. The van der Waals surface area contributed by atoms with Crippen molar-refractivity contribution < 1.29 is 97.0 Å². The van der Waals surface area contributed by atoms with E-state index >= 15 is 0 Å². The molecule has 0 bridgehead atoms. The zero-order valence-corrected chi connectivity index (χ0v) is 57.6. The van der Waals surface area contributed by atoms with Gasteiger partial charge >= 0.3 is 5.97 Å². The van der Waals surface area contributed by atoms with Gasteiger partial charge in [-0.3, -0.25) is 57.5 Å². The van der Waals surface area contributed by atoms with Crippen LogP contribution in [0.4, 0.5) is 0 Å². The lowest BCUT2D eigenvalue weighted by molar-refractivity contribution is -0.162. The first-order valence-corrected chi connectivity index (χ1v) is 31.7. The van der Waals surface area contributed by atoms with Crippen molar-refractivity contribution in [2.45, 2.75) is 193 Å². The molecule has 1 aliphatic heterocycles. The molecule has 33 nitrogen and oxygen atoms in total. The van der Waals surface area contributed by atoms with Crippen LogP contribution in [0.15, 0.2) is 36.4 Å². The third kappa shape index (κ3) is 26.0. The Morgan fingerprint density at radius 3 is 1.84 bits per heavy atom. The average molecular weight is 1360 g/mol. The summed E-state index contributed by atoms with van der Waals surface area (Å²) in [5.74, 6) is -16.5. The van der Waals surface area contributed by atoms with E-state index in [1.54, 1.807) is 19.9 Å². The Balaban J connectivity index is 2.77. The number of carbonyl (C=O) groups excluding carboxylic acids is 13. The molecule has 12 amide bonds. The Morgan fingerprint density at radius 1 is 0.719 bits per heavy atom. The molecular formula is C63H103N13O20. The fourth-order valence-electron chi connectivity index (χ4n) is 10.3. The average Bonchev–Trinajstić information content (AvgIpc) is 0.818. The van der Waals surface area contributed by atoms with Gasteiger partial charge in [0.25, 0.3) is 0 Å². The van der Waals surface area contributed by atoms with Crippen LogP contribution in [-0.4, -0.2) is 240 Å². The highest BCUT2D eigenvalue weighted by atomic mass is 16.5. The van der Waals surface area contributed by atoms with Crippen LogP contribution in [0.3, 0.4) is 0 Å². The van der Waals surface area contributed by atoms with Crippen LogP contribution in [0, 0.1) is 29.6 Å². The molecule has 1 aliphatic rings. The molecule has 0 aromatic heterocycles. The van der Waals surface area contributed by atoms with Gasteiger partial charge in [-0.05, 0) is 88.8 Å². The highest BCUT2D eigenvalue weighted by Gasteiger charge is 2.44. The lowest BCUT2D eigenvalue weighted by atomic mass is 9.87. The Bertz CT molecular complexity index is 2880. The van der Waals surface area contributed by atoms with Gasteiger partial charge in [-0.2, -0.15) is 0 Å². The van der Waals surface area contributed by atoms with Gasteiger partial charge in [-0.25, -0.2) is 4.79 Å². The van der Waals surface area contributed by atoms with Crippen molar-refractivity contribution in [2.24, 2.45) is 41.1 Å². The second-order valence-electron chi connectivity index (χ2n) is 25.3. The zero-order chi connectivity index (χ0) is 73.3. The number of esters is 1. The summed E-state index contributed by atoms with van der Waals surface area (Å²) < 4.78 is 16.8. The highest BCUT2D eigenvalue weighted by molar-refractivity contribution is 5.99. The van der Waals surface area contributed by atoms with Crippen LogP contribution in [0.2, 0.25) is 0 Å². The molecule has 17 N–H and O–H groups in total. The Morgan fingerprint density at radius 2 is 1.31 bits per heavy atom. The summed E-state index contributed by atoms with van der Waals surface area (Å²) in [6.07, 6.45) is -4.07. The molecule has 0 aliphatic carbocycles. The van der Waals surface area contributed by atoms with Gasteiger partial charge < -0.3 is 104 Å². The predicted molar refractivity (Wildman–Crippen MR) is 346 cm³/mol. The Hall–Kier alpha value is -8.37. The number of ether oxygens (including phenoxy) is 3. The van der Waals surface area contributed by atoms with Crippen molar-refractivity contribution in [2.75, 3.05) is 48.0 Å². The molecule has 33 heteroatoms. The predicted octanol–water partition coefficient (Wildman–Crippen LogP) is -4.13. The number of nitrogens with one attached hydrogen (secondary N) is 9. The lowest BCUT2D eigenvalue weighted by Crippen LogP contribution is -2.65. The number of aliphatic hydroxyl groups excluding tert-OH is 3. The van der Waals surface area contributed by atoms with Gasteiger partial charge in [-0.15, -0.1) is 0 Å². The van der Waals surface area contributed by atoms with Crippen molar-refractivity contribution >= 4 is 76.9 Å². The number of allylic oxidation sites excluding steroid dienone is 1. The number of carbonyl (C=O) groups is 13. The lowest BCUT2D eigenvalue weighted by Gasteiger charge is -2.36. The number of primary amides is 1. The summed E-state index contributed by atoms with van der Waals surface area (Å²) in [5.41, 5.74) is 12.1. The standard InChI is InChI=1S/C63H103N13O20/c1-29(2)23-31(5)17-20-41(80)25-44(81)66-26-46(83)70-49(36(10)77)58(88)72-48(34(8)64)57(87)71-47(32(6)33(7)54(65)84)56(86)73-50-38(12)96-63(93)35(9)75(13)62(92)51(53(95-16)39-18-21-40(79)22-19-39)74-60(90)52(37(11)78)76(14)61(91)42(24-30(3)4)68-45(82)27-67-55(85)43(28-94-15)69-59(50)89/h17-22,29-38,41-43,47-53,77-80H,23-28,64H2,1-16H3,(H2,65,84)(H,66,81)(H,67,85)(H,68,82)(H,69,89)(H,70,83)(H,71,87)(H,72,88)(H,73,86)(H,74,90)/b20-17-/t31?,32-,33+,34-,35-,36+,37+,38+,41?,42-,43+,47-,48-,49-,50+,51?,52?,53+/m0/s1. The fourth-order valence-corrected chi connectivity index (χ4v) is 10.3. The number of aliphatic hydroxyl groups is 3. The number of hydrogen-bond acceptors (Lipinski definition) is 21. The Labute approximate surface area is 559 Å². The van der Waals surface area contributed by atoms with E-state index in [4.69, 9.17) is 25.7 Å². The molecule has 540 valence electrons. The largest absolute Gasteiger partial charge is 0.508 e. The maximum atomic E-state index is 14.9. The quantitative estimate of drug-likeness (QED) is 0.0280. The fraction of sp³-hybridized carbons (Fsp3) is 0.667. The molecule has 1 aromatic carbocycles. The second-order valence-corrected chi connectivity index (χ2v) is 25.3. The maximum Gasteiger partial charge on any atom is 0.328 e. The number of phenols is 1. The number of amides is 12. The van der Waals surface area contributed by atoms with Gasteiger partial charge in [0.15, 0.2) is 0 Å². The van der Waals surface area contributed by atoms with Crippen LogP contribution < -0.4 is 59.3 Å². The number of nitrogens with zero attached hydrogens (tertiary/aromatic N) is 2. The number of aromatic hydroxyl groups is 1. The minimum atomic E-state index is -2.11.